The van der Waals surface area contributed by atoms with E-state index in [1.54, 1.807) is 7.05 Å². The number of likely N-dealkylation sites (tertiary alicyclic amines) is 1. The van der Waals surface area contributed by atoms with Gasteiger partial charge in [-0.15, -0.1) is 0 Å². The number of amides is 1. The van der Waals surface area contributed by atoms with E-state index in [1.807, 2.05) is 18.2 Å². The van der Waals surface area contributed by atoms with E-state index in [9.17, 15) is 18.0 Å². The number of aliphatic imine (C=N–C) groups is 1. The highest BCUT2D eigenvalue weighted by atomic mass is 19.4. The number of rotatable bonds is 6. The number of aryl methyl sites for hydroxylation is 1. The van der Waals surface area contributed by atoms with Gasteiger partial charge in [-0.3, -0.25) is 14.7 Å². The first-order chi connectivity index (χ1) is 13.8. The van der Waals surface area contributed by atoms with Crippen LogP contribution in [0.1, 0.15) is 18.4 Å². The Labute approximate surface area is 167 Å². The maximum Gasteiger partial charge on any atom is 0.401 e. The fraction of sp³-hybridized carbons (Fsp3) is 0.579. The lowest BCUT2D eigenvalue weighted by atomic mass is 10.0. The third kappa shape index (κ3) is 6.52. The molecular weight excluding hydrogens is 387 g/mol. The molecule has 0 aromatic heterocycles. The Morgan fingerprint density at radius 3 is 2.97 bits per heavy atom. The molecule has 1 aromatic carbocycles. The Morgan fingerprint density at radius 1 is 1.38 bits per heavy atom. The number of carbonyl (C=O) groups excluding carboxylic acids is 1. The van der Waals surface area contributed by atoms with Crippen molar-refractivity contribution in [3.8, 4) is 5.75 Å². The molecule has 1 aromatic rings. The summed E-state index contributed by atoms with van der Waals surface area (Å²) in [5.74, 6) is 1.29. The fourth-order valence-corrected chi connectivity index (χ4v) is 3.52. The zero-order valence-corrected chi connectivity index (χ0v) is 16.3. The number of carbonyl (C=O) groups is 1. The number of hydrogen-bond acceptors (Lipinski definition) is 4. The van der Waals surface area contributed by atoms with Crippen LogP contribution < -0.4 is 20.7 Å². The number of nitrogens with one attached hydrogen (secondary N) is 3. The molecule has 0 aliphatic carbocycles. The highest BCUT2D eigenvalue weighted by Gasteiger charge is 2.34. The van der Waals surface area contributed by atoms with Crippen molar-refractivity contribution in [2.75, 3.05) is 45.2 Å². The van der Waals surface area contributed by atoms with Crippen LogP contribution in [0, 0.1) is 0 Å². The van der Waals surface area contributed by atoms with Gasteiger partial charge in [-0.05, 0) is 36.6 Å². The molecule has 0 bridgehead atoms. The third-order valence-electron chi connectivity index (χ3n) is 4.88. The van der Waals surface area contributed by atoms with E-state index >= 15 is 0 Å². The van der Waals surface area contributed by atoms with Crippen molar-refractivity contribution >= 4 is 17.6 Å². The van der Waals surface area contributed by atoms with Crippen molar-refractivity contribution in [2.24, 2.45) is 4.99 Å². The maximum absolute atomic E-state index is 12.5. The average molecular weight is 413 g/mol. The van der Waals surface area contributed by atoms with Crippen molar-refractivity contribution in [3.63, 3.8) is 0 Å². The molecule has 3 rings (SSSR count). The molecular formula is C19H26F3N5O2. The van der Waals surface area contributed by atoms with Crippen molar-refractivity contribution < 1.29 is 22.7 Å². The number of guanidine groups is 1. The first kappa shape index (κ1) is 21.2. The molecule has 29 heavy (non-hydrogen) atoms. The van der Waals surface area contributed by atoms with Crippen molar-refractivity contribution in [3.05, 3.63) is 23.8 Å². The normalized spacial score (nSPS) is 20.2. The Hall–Kier alpha value is -2.49. The molecule has 10 heteroatoms. The monoisotopic (exact) mass is 413 g/mol. The number of alkyl halides is 3. The largest absolute Gasteiger partial charge is 0.492 e. The van der Waals surface area contributed by atoms with Gasteiger partial charge in [0, 0.05) is 38.3 Å². The second-order valence-corrected chi connectivity index (χ2v) is 7.19. The summed E-state index contributed by atoms with van der Waals surface area (Å²) in [6.07, 6.45) is -2.37. The van der Waals surface area contributed by atoms with Crippen LogP contribution in [0.25, 0.3) is 0 Å². The van der Waals surface area contributed by atoms with Gasteiger partial charge in [-0.1, -0.05) is 0 Å². The molecule has 0 spiro atoms. The average Bonchev–Trinajstić information content (AvgIpc) is 3.09. The van der Waals surface area contributed by atoms with Crippen LogP contribution in [0.3, 0.4) is 0 Å². The Kier molecular flexibility index (Phi) is 6.83. The molecule has 3 N–H and O–H groups in total. The van der Waals surface area contributed by atoms with E-state index in [-0.39, 0.29) is 11.9 Å². The van der Waals surface area contributed by atoms with Gasteiger partial charge in [0.15, 0.2) is 5.96 Å². The van der Waals surface area contributed by atoms with Gasteiger partial charge in [0.25, 0.3) is 0 Å². The summed E-state index contributed by atoms with van der Waals surface area (Å²) in [7, 11) is 1.62. The summed E-state index contributed by atoms with van der Waals surface area (Å²) in [5.41, 5.74) is 1.88. The molecule has 1 amide bonds. The van der Waals surface area contributed by atoms with E-state index in [0.29, 0.717) is 51.5 Å². The highest BCUT2D eigenvalue weighted by Crippen LogP contribution is 2.26. The van der Waals surface area contributed by atoms with Gasteiger partial charge in [-0.25, -0.2) is 0 Å². The molecule has 0 saturated carbocycles. The fourth-order valence-electron chi connectivity index (χ4n) is 3.52. The van der Waals surface area contributed by atoms with Crippen LogP contribution in [0.15, 0.2) is 23.2 Å². The summed E-state index contributed by atoms with van der Waals surface area (Å²) >= 11 is 0. The second kappa shape index (κ2) is 9.34. The summed E-state index contributed by atoms with van der Waals surface area (Å²) in [4.78, 5) is 16.9. The predicted molar refractivity (Wildman–Crippen MR) is 104 cm³/mol. The number of fused-ring (bicyclic) bond motifs is 1. The first-order valence-electron chi connectivity index (χ1n) is 9.64. The summed E-state index contributed by atoms with van der Waals surface area (Å²) in [6, 6.07) is 5.50. The van der Waals surface area contributed by atoms with E-state index in [2.05, 4.69) is 20.9 Å². The lowest BCUT2D eigenvalue weighted by Crippen LogP contribution is -2.46. The lowest BCUT2D eigenvalue weighted by Gasteiger charge is -2.20. The Morgan fingerprint density at radius 2 is 2.21 bits per heavy atom. The van der Waals surface area contributed by atoms with Crippen LogP contribution in [0.5, 0.6) is 5.75 Å². The minimum absolute atomic E-state index is 0.0260. The smallest absolute Gasteiger partial charge is 0.401 e. The SMILES string of the molecule is CN=C(NCCOc1ccc2c(c1)CCC(=O)N2)NC1CCN(CC(F)(F)F)C1. The molecule has 1 fully saturated rings. The molecule has 160 valence electrons. The van der Waals surface area contributed by atoms with E-state index in [0.717, 1.165) is 17.0 Å². The number of nitrogens with zero attached hydrogens (tertiary/aromatic N) is 2. The summed E-state index contributed by atoms with van der Waals surface area (Å²) in [6.45, 7) is 0.761. The van der Waals surface area contributed by atoms with Crippen LogP contribution in [-0.4, -0.2) is 68.8 Å². The zero-order chi connectivity index (χ0) is 20.9. The van der Waals surface area contributed by atoms with Gasteiger partial charge in [0.1, 0.15) is 12.4 Å². The minimum atomic E-state index is -4.17. The molecule has 1 atom stereocenters. The molecule has 1 unspecified atom stereocenters. The summed E-state index contributed by atoms with van der Waals surface area (Å²) < 4.78 is 43.2. The van der Waals surface area contributed by atoms with Crippen LogP contribution in [0.4, 0.5) is 18.9 Å². The Bertz CT molecular complexity index is 754. The van der Waals surface area contributed by atoms with E-state index in [1.165, 1.54) is 4.90 Å². The molecule has 2 aliphatic rings. The maximum atomic E-state index is 12.5. The Balaban J connectivity index is 1.38. The molecule has 2 aliphatic heterocycles. The first-order valence-corrected chi connectivity index (χ1v) is 9.64. The number of halogens is 3. The van der Waals surface area contributed by atoms with Crippen LogP contribution >= 0.6 is 0 Å². The number of anilines is 1. The highest BCUT2D eigenvalue weighted by molar-refractivity contribution is 5.94. The van der Waals surface area contributed by atoms with Crippen LogP contribution in [0.2, 0.25) is 0 Å². The minimum Gasteiger partial charge on any atom is -0.492 e. The van der Waals surface area contributed by atoms with E-state index < -0.39 is 12.7 Å². The second-order valence-electron chi connectivity index (χ2n) is 7.19. The van der Waals surface area contributed by atoms with Gasteiger partial charge >= 0.3 is 6.18 Å². The van der Waals surface area contributed by atoms with Gasteiger partial charge < -0.3 is 20.7 Å². The molecule has 2 heterocycles. The molecule has 0 radical (unpaired) electrons. The molecule has 1 saturated heterocycles. The van der Waals surface area contributed by atoms with Crippen LogP contribution in [-0.2, 0) is 11.2 Å². The van der Waals surface area contributed by atoms with Crippen molar-refractivity contribution in [2.45, 2.75) is 31.5 Å². The van der Waals surface area contributed by atoms with Gasteiger partial charge in [0.05, 0.1) is 13.1 Å². The molecule has 7 nitrogen and oxygen atoms in total. The third-order valence-corrected chi connectivity index (χ3v) is 4.88. The van der Waals surface area contributed by atoms with Gasteiger partial charge in [-0.2, -0.15) is 13.2 Å². The zero-order valence-electron chi connectivity index (χ0n) is 16.3. The predicted octanol–water partition coefficient (Wildman–Crippen LogP) is 1.75. The van der Waals surface area contributed by atoms with Crippen molar-refractivity contribution in [1.29, 1.82) is 0 Å². The number of hydrogen-bond donors (Lipinski definition) is 3. The summed E-state index contributed by atoms with van der Waals surface area (Å²) in [5, 5.41) is 9.10. The number of ether oxygens (including phenoxy) is 1. The van der Waals surface area contributed by atoms with Crippen molar-refractivity contribution in [1.82, 2.24) is 15.5 Å². The van der Waals surface area contributed by atoms with Gasteiger partial charge in [0.2, 0.25) is 5.91 Å². The number of benzene rings is 1. The lowest BCUT2D eigenvalue weighted by molar-refractivity contribution is -0.143. The quantitative estimate of drug-likeness (QED) is 0.376. The topological polar surface area (TPSA) is 78.0 Å². The standard InChI is InChI=1S/C19H26F3N5O2/c1-23-18(25-14-6-8-27(11-14)12-19(20,21)22)24-7-9-29-15-3-4-16-13(10-15)2-5-17(28)26-16/h3-4,10,14H,2,5-9,11-12H2,1H3,(H,26,28)(H2,23,24,25). The van der Waals surface area contributed by atoms with E-state index in [4.69, 9.17) is 4.74 Å².